The molecule has 0 spiro atoms. The molecule has 0 radical (unpaired) electrons. The Morgan fingerprint density at radius 3 is 2.55 bits per heavy atom. The van der Waals surface area contributed by atoms with Gasteiger partial charge in [0.05, 0.1) is 35.8 Å². The fourth-order valence-corrected chi connectivity index (χ4v) is 1.55. The Hall–Kier alpha value is -1.44. The second-order valence-electron chi connectivity index (χ2n) is 3.65. The van der Waals surface area contributed by atoms with Crippen LogP contribution in [0.4, 0.5) is 10.1 Å². The number of nitro groups is 1. The number of halogens is 2. The normalized spacial score (nSPS) is 10.6. The van der Waals surface area contributed by atoms with Crippen LogP contribution >= 0.6 is 11.6 Å². The van der Waals surface area contributed by atoms with Gasteiger partial charge >= 0.3 is 5.69 Å². The van der Waals surface area contributed by atoms with Gasteiger partial charge in [0.15, 0.2) is 0 Å². The summed E-state index contributed by atoms with van der Waals surface area (Å²) in [5.41, 5.74) is -0.679. The van der Waals surface area contributed by atoms with Gasteiger partial charge < -0.3 is 14.2 Å². The van der Waals surface area contributed by atoms with Crippen molar-refractivity contribution < 1.29 is 23.5 Å². The number of nitro benzene ring substituents is 1. The number of benzene rings is 1. The minimum atomic E-state index is -1.000. The van der Waals surface area contributed by atoms with Gasteiger partial charge in [0.1, 0.15) is 12.4 Å². The van der Waals surface area contributed by atoms with Crippen LogP contribution in [0.3, 0.4) is 0 Å². The molecule has 0 bridgehead atoms. The van der Waals surface area contributed by atoms with E-state index in [9.17, 15) is 14.5 Å². The number of ether oxygens (including phenoxy) is 3. The highest BCUT2D eigenvalue weighted by molar-refractivity contribution is 6.32. The van der Waals surface area contributed by atoms with Gasteiger partial charge in [0, 0.05) is 12.7 Å². The summed E-state index contributed by atoms with van der Waals surface area (Å²) in [7, 11) is 0. The van der Waals surface area contributed by atoms with Crippen LogP contribution in [0.15, 0.2) is 12.1 Å². The van der Waals surface area contributed by atoms with Gasteiger partial charge in [-0.3, -0.25) is 10.1 Å². The summed E-state index contributed by atoms with van der Waals surface area (Å²) >= 11 is 5.74. The van der Waals surface area contributed by atoms with E-state index in [0.717, 1.165) is 12.1 Å². The smallest absolute Gasteiger partial charge is 0.308 e. The third-order valence-electron chi connectivity index (χ3n) is 2.26. The fourth-order valence-electron chi connectivity index (χ4n) is 1.34. The summed E-state index contributed by atoms with van der Waals surface area (Å²) in [6.07, 6.45) is 0. The average molecular weight is 308 g/mol. The van der Waals surface area contributed by atoms with E-state index in [1.807, 2.05) is 6.92 Å². The first kappa shape index (κ1) is 16.6. The highest BCUT2D eigenvalue weighted by Crippen LogP contribution is 2.31. The first-order chi connectivity index (χ1) is 9.56. The summed E-state index contributed by atoms with van der Waals surface area (Å²) < 4.78 is 28.7. The molecule has 8 heteroatoms. The molecule has 1 aromatic carbocycles. The van der Waals surface area contributed by atoms with E-state index >= 15 is 0 Å². The van der Waals surface area contributed by atoms with Gasteiger partial charge in [-0.25, -0.2) is 0 Å². The van der Waals surface area contributed by atoms with Crippen LogP contribution in [-0.2, 0) is 9.47 Å². The SMILES string of the molecule is CCOCCOCCOc1cc([N+](=O)[O-])c(F)cc1Cl. The number of hydrogen-bond donors (Lipinski definition) is 0. The third kappa shape index (κ3) is 5.28. The first-order valence-electron chi connectivity index (χ1n) is 5.98. The Labute approximate surface area is 120 Å². The minimum absolute atomic E-state index is 0.0255. The monoisotopic (exact) mass is 307 g/mol. The molecule has 0 atom stereocenters. The van der Waals surface area contributed by atoms with Gasteiger partial charge in [-0.05, 0) is 6.92 Å². The van der Waals surface area contributed by atoms with Crippen molar-refractivity contribution in [1.82, 2.24) is 0 Å². The van der Waals surface area contributed by atoms with Crippen LogP contribution in [-0.4, -0.2) is 38.0 Å². The second kappa shape index (κ2) is 8.68. The van der Waals surface area contributed by atoms with E-state index < -0.39 is 16.4 Å². The molecule has 0 unspecified atom stereocenters. The van der Waals surface area contributed by atoms with Crippen LogP contribution in [0.2, 0.25) is 5.02 Å². The van der Waals surface area contributed by atoms with Crippen molar-refractivity contribution in [3.05, 3.63) is 33.1 Å². The molecule has 0 aliphatic heterocycles. The lowest BCUT2D eigenvalue weighted by molar-refractivity contribution is -0.387. The van der Waals surface area contributed by atoms with Crippen molar-refractivity contribution in [3.8, 4) is 5.75 Å². The molecule has 20 heavy (non-hydrogen) atoms. The molecule has 0 aliphatic rings. The summed E-state index contributed by atoms with van der Waals surface area (Å²) in [5, 5.41) is 10.6. The molecule has 0 aliphatic carbocycles. The van der Waals surface area contributed by atoms with Crippen molar-refractivity contribution in [1.29, 1.82) is 0 Å². The van der Waals surface area contributed by atoms with Crippen LogP contribution < -0.4 is 4.74 Å². The molecule has 1 rings (SSSR count). The van der Waals surface area contributed by atoms with E-state index in [1.165, 1.54) is 0 Å². The van der Waals surface area contributed by atoms with Crippen LogP contribution in [0, 0.1) is 15.9 Å². The summed E-state index contributed by atoms with van der Waals surface area (Å²) in [4.78, 5) is 9.75. The molecular weight excluding hydrogens is 293 g/mol. The topological polar surface area (TPSA) is 70.8 Å². The van der Waals surface area contributed by atoms with Crippen LogP contribution in [0.1, 0.15) is 6.92 Å². The maximum absolute atomic E-state index is 13.2. The van der Waals surface area contributed by atoms with E-state index in [2.05, 4.69) is 0 Å². The van der Waals surface area contributed by atoms with Crippen LogP contribution in [0.5, 0.6) is 5.75 Å². The predicted octanol–water partition coefficient (Wildman–Crippen LogP) is 2.82. The van der Waals surface area contributed by atoms with Gasteiger partial charge in [-0.1, -0.05) is 11.6 Å². The Morgan fingerprint density at radius 2 is 1.90 bits per heavy atom. The third-order valence-corrected chi connectivity index (χ3v) is 2.55. The Bertz CT molecular complexity index is 458. The predicted molar refractivity (Wildman–Crippen MR) is 70.9 cm³/mol. The van der Waals surface area contributed by atoms with E-state index in [4.69, 9.17) is 25.8 Å². The largest absolute Gasteiger partial charge is 0.489 e. The molecular formula is C12H15ClFNO5. The van der Waals surface area contributed by atoms with Crippen molar-refractivity contribution in [2.45, 2.75) is 6.92 Å². The van der Waals surface area contributed by atoms with E-state index in [0.29, 0.717) is 19.8 Å². The first-order valence-corrected chi connectivity index (χ1v) is 6.35. The van der Waals surface area contributed by atoms with Crippen molar-refractivity contribution in [2.24, 2.45) is 0 Å². The van der Waals surface area contributed by atoms with Crippen molar-refractivity contribution >= 4 is 17.3 Å². The molecule has 6 nitrogen and oxygen atoms in total. The second-order valence-corrected chi connectivity index (χ2v) is 4.06. The van der Waals surface area contributed by atoms with Gasteiger partial charge in [0.2, 0.25) is 5.82 Å². The van der Waals surface area contributed by atoms with Gasteiger partial charge in [0.25, 0.3) is 0 Å². The molecule has 1 aromatic rings. The molecule has 0 saturated heterocycles. The summed E-state index contributed by atoms with van der Waals surface area (Å²) in [5.74, 6) is -0.950. The standard InChI is InChI=1S/C12H15ClFNO5/c1-2-18-3-4-19-5-6-20-12-8-11(15(16)17)10(14)7-9(12)13/h7-8H,2-6H2,1H3. The zero-order chi connectivity index (χ0) is 15.0. The Balaban J connectivity index is 2.44. The molecule has 0 heterocycles. The number of hydrogen-bond acceptors (Lipinski definition) is 5. The maximum atomic E-state index is 13.2. The Kier molecular flexibility index (Phi) is 7.21. The molecule has 112 valence electrons. The minimum Gasteiger partial charge on any atom is -0.489 e. The average Bonchev–Trinajstić information content (AvgIpc) is 2.39. The van der Waals surface area contributed by atoms with Gasteiger partial charge in [-0.15, -0.1) is 0 Å². The molecule has 0 N–H and O–H groups in total. The number of rotatable bonds is 9. The molecule has 0 saturated carbocycles. The fraction of sp³-hybridized carbons (Fsp3) is 0.500. The zero-order valence-electron chi connectivity index (χ0n) is 10.9. The van der Waals surface area contributed by atoms with Crippen molar-refractivity contribution in [2.75, 3.05) is 33.0 Å². The number of nitrogens with zero attached hydrogens (tertiary/aromatic N) is 1. The molecule has 0 fully saturated rings. The molecule has 0 amide bonds. The lowest BCUT2D eigenvalue weighted by atomic mass is 10.3. The highest BCUT2D eigenvalue weighted by atomic mass is 35.5. The van der Waals surface area contributed by atoms with Crippen molar-refractivity contribution in [3.63, 3.8) is 0 Å². The zero-order valence-corrected chi connectivity index (χ0v) is 11.7. The van der Waals surface area contributed by atoms with E-state index in [-0.39, 0.29) is 24.0 Å². The van der Waals surface area contributed by atoms with E-state index in [1.54, 1.807) is 0 Å². The lowest BCUT2D eigenvalue weighted by Gasteiger charge is -2.09. The highest BCUT2D eigenvalue weighted by Gasteiger charge is 2.18. The lowest BCUT2D eigenvalue weighted by Crippen LogP contribution is -2.11. The maximum Gasteiger partial charge on any atom is 0.308 e. The summed E-state index contributed by atoms with van der Waals surface area (Å²) in [6.45, 7) is 3.83. The molecule has 0 aromatic heterocycles. The quantitative estimate of drug-likeness (QED) is 0.398. The van der Waals surface area contributed by atoms with Crippen LogP contribution in [0.25, 0.3) is 0 Å². The summed E-state index contributed by atoms with van der Waals surface area (Å²) in [6, 6.07) is 1.81. The van der Waals surface area contributed by atoms with Gasteiger partial charge in [-0.2, -0.15) is 4.39 Å². The Morgan fingerprint density at radius 1 is 1.25 bits per heavy atom.